The molecule has 2 aromatic carbocycles. The maximum atomic E-state index is 12.2. The molecule has 2 heterocycles. The van der Waals surface area contributed by atoms with Crippen molar-refractivity contribution in [3.05, 3.63) is 64.1 Å². The molecule has 26 heavy (non-hydrogen) atoms. The van der Waals surface area contributed by atoms with Gasteiger partial charge in [0.15, 0.2) is 5.58 Å². The van der Waals surface area contributed by atoms with E-state index in [2.05, 4.69) is 5.32 Å². The van der Waals surface area contributed by atoms with Crippen LogP contribution in [-0.2, 0) is 17.8 Å². The van der Waals surface area contributed by atoms with Crippen molar-refractivity contribution < 1.29 is 19.1 Å². The summed E-state index contributed by atoms with van der Waals surface area (Å²) < 4.78 is 11.8. The smallest absolute Gasteiger partial charge is 0.420 e. The molecule has 4 rings (SSSR count). The Morgan fingerprint density at radius 2 is 2.12 bits per heavy atom. The van der Waals surface area contributed by atoms with Crippen molar-refractivity contribution in [2.75, 3.05) is 13.2 Å². The first-order chi connectivity index (χ1) is 12.6. The lowest BCUT2D eigenvalue weighted by molar-refractivity contribution is -0.122. The lowest BCUT2D eigenvalue weighted by Gasteiger charge is -2.13. The Bertz CT molecular complexity index is 1020. The first-order valence-electron chi connectivity index (χ1n) is 8.40. The normalized spacial score (nSPS) is 14.0. The summed E-state index contributed by atoms with van der Waals surface area (Å²) in [5.41, 5.74) is 2.78. The summed E-state index contributed by atoms with van der Waals surface area (Å²) in [5, 5.41) is 13.0. The van der Waals surface area contributed by atoms with Crippen LogP contribution in [0.1, 0.15) is 17.2 Å². The molecule has 0 spiro atoms. The molecule has 0 aliphatic carbocycles. The van der Waals surface area contributed by atoms with E-state index in [1.54, 1.807) is 30.3 Å². The monoisotopic (exact) mass is 354 g/mol. The summed E-state index contributed by atoms with van der Waals surface area (Å²) in [5.74, 6) is -0.112. The lowest BCUT2D eigenvalue weighted by Crippen LogP contribution is -2.33. The van der Waals surface area contributed by atoms with Crippen molar-refractivity contribution in [2.45, 2.75) is 19.1 Å². The van der Waals surface area contributed by atoms with Crippen LogP contribution in [0.15, 0.2) is 51.7 Å². The molecule has 0 bridgehead atoms. The van der Waals surface area contributed by atoms with Gasteiger partial charge in [0.2, 0.25) is 5.91 Å². The number of benzene rings is 2. The summed E-state index contributed by atoms with van der Waals surface area (Å²) in [6.07, 6.45) is -0.0127. The molecule has 0 unspecified atom stereocenters. The number of fused-ring (bicyclic) bond motifs is 2. The molecule has 1 aromatic heterocycles. The number of ether oxygens (including phenoxy) is 1. The maximum Gasteiger partial charge on any atom is 0.420 e. The minimum absolute atomic E-state index is 0.0585. The standard InChI is InChI=1S/C19H18N2O5/c22-15(12-5-6-16-13(9-12)7-8-25-16)10-20-18(23)11-21-14-3-1-2-4-17(14)26-19(21)24/h1-6,9,15,22H,7-8,10-11H2,(H,20,23)/t15-/m0/s1. The van der Waals surface area contributed by atoms with Crippen LogP contribution < -0.4 is 15.8 Å². The third-order valence-corrected chi connectivity index (χ3v) is 4.47. The minimum Gasteiger partial charge on any atom is -0.493 e. The van der Waals surface area contributed by atoms with Crippen LogP contribution in [0.5, 0.6) is 5.75 Å². The molecule has 134 valence electrons. The van der Waals surface area contributed by atoms with E-state index in [1.807, 2.05) is 12.1 Å². The number of hydrogen-bond donors (Lipinski definition) is 2. The number of nitrogens with zero attached hydrogens (tertiary/aromatic N) is 1. The van der Waals surface area contributed by atoms with Crippen LogP contribution in [0.4, 0.5) is 0 Å². The third-order valence-electron chi connectivity index (χ3n) is 4.47. The molecule has 7 heteroatoms. The van der Waals surface area contributed by atoms with E-state index in [0.717, 1.165) is 23.3 Å². The quantitative estimate of drug-likeness (QED) is 0.722. The van der Waals surface area contributed by atoms with E-state index in [1.165, 1.54) is 4.57 Å². The van der Waals surface area contributed by atoms with Gasteiger partial charge in [-0.2, -0.15) is 0 Å². The van der Waals surface area contributed by atoms with E-state index in [-0.39, 0.29) is 19.0 Å². The molecule has 0 saturated carbocycles. The number of oxazole rings is 1. The fourth-order valence-electron chi connectivity index (χ4n) is 3.11. The van der Waals surface area contributed by atoms with Crippen LogP contribution in [0.25, 0.3) is 11.1 Å². The van der Waals surface area contributed by atoms with Crippen LogP contribution in [-0.4, -0.2) is 28.7 Å². The summed E-state index contributed by atoms with van der Waals surface area (Å²) in [7, 11) is 0. The fraction of sp³-hybridized carbons (Fsp3) is 0.263. The van der Waals surface area contributed by atoms with Gasteiger partial charge in [0.25, 0.3) is 0 Å². The van der Waals surface area contributed by atoms with Crippen LogP contribution in [0, 0.1) is 0 Å². The summed E-state index contributed by atoms with van der Waals surface area (Å²) in [6.45, 7) is 0.544. The summed E-state index contributed by atoms with van der Waals surface area (Å²) in [6, 6.07) is 12.4. The zero-order valence-electron chi connectivity index (χ0n) is 14.0. The van der Waals surface area contributed by atoms with E-state index in [0.29, 0.717) is 17.7 Å². The van der Waals surface area contributed by atoms with Crippen molar-refractivity contribution >= 4 is 17.0 Å². The molecule has 2 N–H and O–H groups in total. The van der Waals surface area contributed by atoms with E-state index in [9.17, 15) is 14.7 Å². The number of carbonyl (C=O) groups excluding carboxylic acids is 1. The van der Waals surface area contributed by atoms with E-state index >= 15 is 0 Å². The van der Waals surface area contributed by atoms with Gasteiger partial charge in [0.05, 0.1) is 18.2 Å². The topological polar surface area (TPSA) is 93.7 Å². The average Bonchev–Trinajstić information content (AvgIpc) is 3.23. The molecule has 1 aliphatic rings. The molecule has 1 amide bonds. The second kappa shape index (κ2) is 6.68. The molecule has 1 atom stereocenters. The van der Waals surface area contributed by atoms with Crippen molar-refractivity contribution in [3.63, 3.8) is 0 Å². The molecule has 3 aromatic rings. The maximum absolute atomic E-state index is 12.2. The molecule has 0 saturated heterocycles. The van der Waals surface area contributed by atoms with Gasteiger partial charge in [0.1, 0.15) is 12.3 Å². The van der Waals surface area contributed by atoms with E-state index < -0.39 is 11.9 Å². The van der Waals surface area contributed by atoms with E-state index in [4.69, 9.17) is 9.15 Å². The number of rotatable bonds is 5. The largest absolute Gasteiger partial charge is 0.493 e. The average molecular weight is 354 g/mol. The zero-order chi connectivity index (χ0) is 18.1. The second-order valence-corrected chi connectivity index (χ2v) is 6.21. The number of aliphatic hydroxyl groups excluding tert-OH is 1. The lowest BCUT2D eigenvalue weighted by atomic mass is 10.0. The molecular weight excluding hydrogens is 336 g/mol. The Kier molecular flexibility index (Phi) is 4.22. The summed E-state index contributed by atoms with van der Waals surface area (Å²) in [4.78, 5) is 24.1. The number of nitrogens with one attached hydrogen (secondary N) is 1. The highest BCUT2D eigenvalue weighted by Crippen LogP contribution is 2.28. The second-order valence-electron chi connectivity index (χ2n) is 6.21. The Morgan fingerprint density at radius 3 is 3.00 bits per heavy atom. The number of aromatic nitrogens is 1. The molecule has 1 aliphatic heterocycles. The SMILES string of the molecule is O=C(Cn1c(=O)oc2ccccc21)NC[C@H](O)c1ccc2c(c1)CCO2. The minimum atomic E-state index is -0.831. The highest BCUT2D eigenvalue weighted by atomic mass is 16.5. The van der Waals surface area contributed by atoms with Gasteiger partial charge in [0, 0.05) is 13.0 Å². The number of carbonyl (C=O) groups is 1. The Hall–Kier alpha value is -3.06. The Morgan fingerprint density at radius 1 is 1.27 bits per heavy atom. The van der Waals surface area contributed by atoms with Crippen molar-refractivity contribution in [3.8, 4) is 5.75 Å². The predicted molar refractivity (Wildman–Crippen MR) is 94.1 cm³/mol. The number of amides is 1. The molecule has 0 fully saturated rings. The third kappa shape index (κ3) is 3.09. The fourth-order valence-corrected chi connectivity index (χ4v) is 3.11. The first-order valence-corrected chi connectivity index (χ1v) is 8.40. The summed E-state index contributed by atoms with van der Waals surface area (Å²) >= 11 is 0. The van der Waals surface area contributed by atoms with Crippen molar-refractivity contribution in [1.29, 1.82) is 0 Å². The Balaban J connectivity index is 1.40. The molecule has 7 nitrogen and oxygen atoms in total. The van der Waals surface area contributed by atoms with Gasteiger partial charge < -0.3 is 19.6 Å². The van der Waals surface area contributed by atoms with Crippen LogP contribution in [0.2, 0.25) is 0 Å². The Labute approximate surface area is 148 Å². The highest BCUT2D eigenvalue weighted by molar-refractivity contribution is 5.79. The molecular formula is C19H18N2O5. The van der Waals surface area contributed by atoms with Gasteiger partial charge in [-0.25, -0.2) is 4.79 Å². The first kappa shape index (κ1) is 16.4. The predicted octanol–water partition coefficient (Wildman–Crippen LogP) is 1.38. The number of aliphatic hydroxyl groups is 1. The van der Waals surface area contributed by atoms with Crippen molar-refractivity contribution in [2.24, 2.45) is 0 Å². The van der Waals surface area contributed by atoms with Crippen molar-refractivity contribution in [1.82, 2.24) is 9.88 Å². The van der Waals surface area contributed by atoms with Crippen LogP contribution in [0.3, 0.4) is 0 Å². The van der Waals surface area contributed by atoms with Gasteiger partial charge in [-0.05, 0) is 35.4 Å². The van der Waals surface area contributed by atoms with Gasteiger partial charge in [-0.15, -0.1) is 0 Å². The van der Waals surface area contributed by atoms with Gasteiger partial charge in [-0.3, -0.25) is 9.36 Å². The molecule has 0 radical (unpaired) electrons. The zero-order valence-corrected chi connectivity index (χ0v) is 14.0. The van der Waals surface area contributed by atoms with Gasteiger partial charge >= 0.3 is 5.76 Å². The highest BCUT2D eigenvalue weighted by Gasteiger charge is 2.17. The number of para-hydroxylation sites is 2. The number of hydrogen-bond acceptors (Lipinski definition) is 5. The van der Waals surface area contributed by atoms with Gasteiger partial charge in [-0.1, -0.05) is 18.2 Å². The van der Waals surface area contributed by atoms with Crippen LogP contribution >= 0.6 is 0 Å².